The normalized spacial score (nSPS) is 19.4. The van der Waals surface area contributed by atoms with Crippen molar-refractivity contribution < 1.29 is 4.79 Å². The third-order valence-electron chi connectivity index (χ3n) is 7.35. The Kier molecular flexibility index (Phi) is 5.64. The van der Waals surface area contributed by atoms with Crippen LogP contribution in [-0.2, 0) is 7.05 Å². The molecule has 11 heteroatoms. The monoisotopic (exact) mass is 498 g/mol. The maximum absolute atomic E-state index is 12.4. The number of nitrogens with zero attached hydrogens (tertiary/aromatic N) is 7. The SMILES string of the molecule is CNc1nc(Nc2ccc(N3C4CCC3CN(C)C4)cc2)c(C(N)=O)nc1-c1cncc2c1ncn2C. The van der Waals surface area contributed by atoms with Crippen LogP contribution < -0.4 is 21.3 Å². The van der Waals surface area contributed by atoms with Crippen LogP contribution in [0.5, 0.6) is 0 Å². The molecule has 0 saturated carbocycles. The predicted molar refractivity (Wildman–Crippen MR) is 144 cm³/mol. The van der Waals surface area contributed by atoms with Crippen LogP contribution in [0.1, 0.15) is 23.3 Å². The quantitative estimate of drug-likeness (QED) is 0.367. The van der Waals surface area contributed by atoms with E-state index in [0.29, 0.717) is 34.7 Å². The van der Waals surface area contributed by atoms with Crippen LogP contribution in [0.4, 0.5) is 23.0 Å². The molecule has 3 aromatic heterocycles. The third kappa shape index (κ3) is 4.01. The van der Waals surface area contributed by atoms with E-state index in [2.05, 4.69) is 59.5 Å². The van der Waals surface area contributed by atoms with Crippen LogP contribution in [0.25, 0.3) is 22.3 Å². The molecule has 2 atom stereocenters. The molecule has 5 heterocycles. The number of piperazine rings is 1. The molecule has 37 heavy (non-hydrogen) atoms. The minimum atomic E-state index is -0.675. The van der Waals surface area contributed by atoms with Gasteiger partial charge in [0.05, 0.1) is 23.6 Å². The summed E-state index contributed by atoms with van der Waals surface area (Å²) < 4.78 is 1.88. The molecular weight excluding hydrogens is 468 g/mol. The van der Waals surface area contributed by atoms with E-state index in [1.54, 1.807) is 25.8 Å². The Hall–Kier alpha value is -4.25. The smallest absolute Gasteiger partial charge is 0.271 e. The van der Waals surface area contributed by atoms with Crippen molar-refractivity contribution in [2.75, 3.05) is 42.7 Å². The molecule has 6 rings (SSSR count). The molecule has 2 aliphatic rings. The van der Waals surface area contributed by atoms with E-state index >= 15 is 0 Å². The number of likely N-dealkylation sites (tertiary alicyclic amines) is 1. The number of aromatic nitrogens is 5. The average molecular weight is 499 g/mol. The zero-order valence-electron chi connectivity index (χ0n) is 21.1. The van der Waals surface area contributed by atoms with Crippen LogP contribution in [0, 0.1) is 0 Å². The number of nitrogens with one attached hydrogen (secondary N) is 2. The average Bonchev–Trinajstić information content (AvgIpc) is 3.41. The van der Waals surface area contributed by atoms with E-state index in [1.807, 2.05) is 23.7 Å². The number of aryl methyl sites for hydroxylation is 1. The Labute approximate surface area is 214 Å². The second-order valence-electron chi connectivity index (χ2n) is 9.83. The first-order valence-electron chi connectivity index (χ1n) is 12.4. The lowest BCUT2D eigenvalue weighted by atomic mass is 10.1. The molecule has 0 radical (unpaired) electrons. The fourth-order valence-electron chi connectivity index (χ4n) is 5.66. The standard InChI is InChI=1S/C26H30N10O/c1-28-25-22(19-10-29-11-20-21(19)30-14-35(20)3)32-23(24(27)37)26(33-25)31-15-4-6-16(7-5-15)36-17-8-9-18(36)13-34(2)12-17/h4-7,10-11,14,17-18H,8-9,12-13H2,1-3H3,(H2,27,37)(H2,28,31,33). The molecule has 0 spiro atoms. The molecule has 1 amide bonds. The van der Waals surface area contributed by atoms with E-state index in [4.69, 9.17) is 5.73 Å². The summed E-state index contributed by atoms with van der Waals surface area (Å²) in [6, 6.07) is 9.36. The van der Waals surface area contributed by atoms with E-state index in [9.17, 15) is 4.79 Å². The molecule has 2 fully saturated rings. The molecule has 2 unspecified atom stereocenters. The fourth-order valence-corrected chi connectivity index (χ4v) is 5.66. The Bertz CT molecular complexity index is 1470. The molecule has 0 aliphatic carbocycles. The van der Waals surface area contributed by atoms with Gasteiger partial charge in [-0.3, -0.25) is 9.78 Å². The number of carbonyl (C=O) groups excluding carboxylic acids is 1. The molecule has 1 aromatic carbocycles. The lowest BCUT2D eigenvalue weighted by Crippen LogP contribution is -2.52. The maximum atomic E-state index is 12.4. The number of imidazole rings is 1. The van der Waals surface area contributed by atoms with Crippen LogP contribution in [0.3, 0.4) is 0 Å². The summed E-state index contributed by atoms with van der Waals surface area (Å²) in [4.78, 5) is 35.6. The Morgan fingerprint density at radius 3 is 2.43 bits per heavy atom. The van der Waals surface area contributed by atoms with Gasteiger partial charge in [0, 0.05) is 56.8 Å². The largest absolute Gasteiger partial charge is 0.371 e. The number of pyridine rings is 1. The molecule has 2 bridgehead atoms. The van der Waals surface area contributed by atoms with Gasteiger partial charge in [-0.15, -0.1) is 0 Å². The number of hydrogen-bond donors (Lipinski definition) is 3. The van der Waals surface area contributed by atoms with Gasteiger partial charge in [0.2, 0.25) is 0 Å². The van der Waals surface area contributed by atoms with Gasteiger partial charge in [0.25, 0.3) is 5.91 Å². The van der Waals surface area contributed by atoms with Crippen molar-refractivity contribution in [1.82, 2.24) is 29.4 Å². The highest BCUT2D eigenvalue weighted by molar-refractivity contribution is 5.99. The second kappa shape index (κ2) is 9.00. The number of hydrogen-bond acceptors (Lipinski definition) is 9. The minimum Gasteiger partial charge on any atom is -0.371 e. The highest BCUT2D eigenvalue weighted by atomic mass is 16.1. The number of fused-ring (bicyclic) bond motifs is 3. The predicted octanol–water partition coefficient (Wildman–Crippen LogP) is 2.59. The van der Waals surface area contributed by atoms with E-state index < -0.39 is 5.91 Å². The van der Waals surface area contributed by atoms with Gasteiger partial charge in [0.15, 0.2) is 17.3 Å². The molecule has 4 aromatic rings. The Morgan fingerprint density at radius 2 is 1.76 bits per heavy atom. The first-order chi connectivity index (χ1) is 17.9. The van der Waals surface area contributed by atoms with Crippen LogP contribution in [-0.4, -0.2) is 74.6 Å². The summed E-state index contributed by atoms with van der Waals surface area (Å²) in [6.07, 6.45) is 7.58. The van der Waals surface area contributed by atoms with Gasteiger partial charge in [-0.25, -0.2) is 15.0 Å². The van der Waals surface area contributed by atoms with Crippen molar-refractivity contribution in [2.45, 2.75) is 24.9 Å². The van der Waals surface area contributed by atoms with Crippen molar-refractivity contribution >= 4 is 40.0 Å². The molecular formula is C26H30N10O. The van der Waals surface area contributed by atoms with E-state index in [0.717, 1.165) is 24.3 Å². The van der Waals surface area contributed by atoms with Crippen LogP contribution in [0.15, 0.2) is 43.0 Å². The molecule has 2 saturated heterocycles. The number of carbonyl (C=O) groups is 1. The second-order valence-corrected chi connectivity index (χ2v) is 9.83. The van der Waals surface area contributed by atoms with E-state index in [1.165, 1.54) is 18.5 Å². The number of rotatable bonds is 6. The Morgan fingerprint density at radius 1 is 1.03 bits per heavy atom. The van der Waals surface area contributed by atoms with Gasteiger partial charge in [-0.2, -0.15) is 0 Å². The first-order valence-corrected chi connectivity index (χ1v) is 12.4. The summed E-state index contributed by atoms with van der Waals surface area (Å²) in [5.41, 5.74) is 10.5. The van der Waals surface area contributed by atoms with Crippen LogP contribution >= 0.6 is 0 Å². The summed E-state index contributed by atoms with van der Waals surface area (Å²) in [7, 11) is 5.85. The van der Waals surface area contributed by atoms with Crippen LogP contribution in [0.2, 0.25) is 0 Å². The fraction of sp³-hybridized carbons (Fsp3) is 0.346. The first kappa shape index (κ1) is 23.2. The van der Waals surface area contributed by atoms with Gasteiger partial charge >= 0.3 is 0 Å². The Balaban J connectivity index is 1.33. The lowest BCUT2D eigenvalue weighted by Gasteiger charge is -2.41. The van der Waals surface area contributed by atoms with Crippen molar-refractivity contribution in [3.63, 3.8) is 0 Å². The van der Waals surface area contributed by atoms with Gasteiger partial charge < -0.3 is 30.7 Å². The topological polar surface area (TPSA) is 130 Å². The van der Waals surface area contributed by atoms with Crippen molar-refractivity contribution in [1.29, 1.82) is 0 Å². The zero-order valence-corrected chi connectivity index (χ0v) is 21.1. The van der Waals surface area contributed by atoms with Crippen molar-refractivity contribution in [2.24, 2.45) is 12.8 Å². The number of amides is 1. The summed E-state index contributed by atoms with van der Waals surface area (Å²) in [5, 5.41) is 6.34. The number of benzene rings is 1. The molecule has 4 N–H and O–H groups in total. The zero-order chi connectivity index (χ0) is 25.7. The molecule has 2 aliphatic heterocycles. The number of nitrogens with two attached hydrogens (primary N) is 1. The number of anilines is 4. The van der Waals surface area contributed by atoms with Crippen molar-refractivity contribution in [3.05, 3.63) is 48.7 Å². The summed E-state index contributed by atoms with van der Waals surface area (Å²) in [6.45, 7) is 2.18. The highest BCUT2D eigenvalue weighted by Gasteiger charge is 2.38. The highest BCUT2D eigenvalue weighted by Crippen LogP contribution is 2.36. The van der Waals surface area contributed by atoms with Gasteiger partial charge in [-0.05, 0) is 44.2 Å². The van der Waals surface area contributed by atoms with E-state index in [-0.39, 0.29) is 11.5 Å². The molecule has 190 valence electrons. The summed E-state index contributed by atoms with van der Waals surface area (Å²) >= 11 is 0. The third-order valence-corrected chi connectivity index (χ3v) is 7.35. The summed E-state index contributed by atoms with van der Waals surface area (Å²) in [5.74, 6) is 0.0953. The van der Waals surface area contributed by atoms with Gasteiger partial charge in [-0.1, -0.05) is 0 Å². The number of primary amides is 1. The van der Waals surface area contributed by atoms with Gasteiger partial charge in [0.1, 0.15) is 11.2 Å². The molecule has 11 nitrogen and oxygen atoms in total. The number of likely N-dealkylation sites (N-methyl/N-ethyl adjacent to an activating group) is 1. The lowest BCUT2D eigenvalue weighted by molar-refractivity contribution is 0.0996. The maximum Gasteiger partial charge on any atom is 0.271 e. The minimum absolute atomic E-state index is 0.0446. The van der Waals surface area contributed by atoms with Crippen molar-refractivity contribution in [3.8, 4) is 11.3 Å².